The van der Waals surface area contributed by atoms with Crippen molar-refractivity contribution in [3.63, 3.8) is 0 Å². The Morgan fingerprint density at radius 2 is 1.19 bits per heavy atom. The molecule has 4 rings (SSSR count). The number of benzene rings is 3. The number of carboxylic acid groups (broad SMARTS) is 1. The molecule has 0 N–H and O–H groups in total. The van der Waals surface area contributed by atoms with Gasteiger partial charge >= 0.3 is 5.97 Å². The van der Waals surface area contributed by atoms with Gasteiger partial charge in [-0.1, -0.05) is 125 Å². The lowest BCUT2D eigenvalue weighted by Crippen LogP contribution is -2.60. The summed E-state index contributed by atoms with van der Waals surface area (Å²) in [5, 5.41) is 16.5. The van der Waals surface area contributed by atoms with Crippen LogP contribution in [0.15, 0.2) is 103 Å². The molecule has 1 aliphatic heterocycles. The molecule has 0 aliphatic carbocycles. The third kappa shape index (κ3) is 11.4. The maximum absolute atomic E-state index is 14.1. The highest BCUT2D eigenvalue weighted by molar-refractivity contribution is 7.95. The van der Waals surface area contributed by atoms with Gasteiger partial charge in [-0.2, -0.15) is 0 Å². The van der Waals surface area contributed by atoms with Crippen LogP contribution in [0.3, 0.4) is 0 Å². The Morgan fingerprint density at radius 3 is 1.66 bits per heavy atom. The van der Waals surface area contributed by atoms with E-state index in [1.54, 1.807) is 0 Å². The van der Waals surface area contributed by atoms with Crippen LogP contribution in [-0.4, -0.2) is 46.7 Å². The molecule has 3 aromatic rings. The highest BCUT2D eigenvalue weighted by atomic mass is 31.2. The van der Waals surface area contributed by atoms with E-state index in [0.29, 0.717) is 19.0 Å². The lowest BCUT2D eigenvalue weighted by atomic mass is 9.86. The number of allylic oxidation sites excluding steroid dienone is 2. The van der Waals surface area contributed by atoms with Crippen LogP contribution in [0.1, 0.15) is 125 Å². The summed E-state index contributed by atoms with van der Waals surface area (Å²) < 4.78 is 6.24. The zero-order valence-corrected chi connectivity index (χ0v) is 34.2. The molecular weight excluding hydrogens is 673 g/mol. The maximum Gasteiger partial charge on any atom is 0.311 e. The van der Waals surface area contributed by atoms with Crippen LogP contribution in [0.25, 0.3) is 0 Å². The monoisotopic (exact) mass is 739 g/mol. The van der Waals surface area contributed by atoms with E-state index in [1.165, 1.54) is 60.9 Å². The maximum atomic E-state index is 14.1. The van der Waals surface area contributed by atoms with Gasteiger partial charge in [0.25, 0.3) is 0 Å². The average Bonchev–Trinajstić information content (AvgIpc) is 3.35. The number of aliphatic carboxylic acids is 1. The smallest absolute Gasteiger partial charge is 0.311 e. The number of likely N-dealkylation sites (tertiary alicyclic amines) is 1. The van der Waals surface area contributed by atoms with Crippen LogP contribution in [0.5, 0.6) is 0 Å². The average molecular weight is 740 g/mol. The standard InChI is InChI=1S/C47H66NO4P/c1-6-7-8-9-10-11-12-13-14-15-16-17-18-28-35-43(44(49)50)48-46(2,3)38-42(47(48,4)5)45(51)52-36-37-53(39-29-22-19-23-30-39,40-31-24-20-25-32-40)41-33-26-21-27-34-41/h13-14,19-27,29-34,42-43H,6-12,15-18,28,35-38H2,1-5H3/b14-13-. The Labute approximate surface area is 322 Å². The molecule has 1 aliphatic rings. The summed E-state index contributed by atoms with van der Waals surface area (Å²) in [4.78, 5) is 28.8. The zero-order valence-electron chi connectivity index (χ0n) is 33.3. The topological polar surface area (TPSA) is 69.7 Å². The predicted molar refractivity (Wildman–Crippen MR) is 223 cm³/mol. The largest absolute Gasteiger partial charge is 0.548 e. The summed E-state index contributed by atoms with van der Waals surface area (Å²) in [5.41, 5.74) is -1.22. The van der Waals surface area contributed by atoms with Crippen LogP contribution in [0.2, 0.25) is 0 Å². The number of carbonyl (C=O) groups is 2. The molecule has 288 valence electrons. The number of ether oxygens (including phenoxy) is 1. The number of esters is 1. The molecule has 0 aromatic heterocycles. The Balaban J connectivity index is 1.36. The molecule has 5 nitrogen and oxygen atoms in total. The predicted octanol–water partition coefficient (Wildman–Crippen LogP) is 9.17. The van der Waals surface area contributed by atoms with E-state index in [4.69, 9.17) is 4.74 Å². The van der Waals surface area contributed by atoms with Gasteiger partial charge in [-0.3, -0.25) is 9.69 Å². The lowest BCUT2D eigenvalue weighted by Gasteiger charge is -2.47. The van der Waals surface area contributed by atoms with Crippen molar-refractivity contribution in [1.29, 1.82) is 0 Å². The SMILES string of the molecule is CCCCCCCC/C=C\CCCCCCC(C(=O)[O-])N1C(C)(C)CC(C(=O)OCC[P+](c2ccccc2)(c2ccccc2)c2ccccc2)C1(C)C. The Hall–Kier alpha value is -3.27. The zero-order chi connectivity index (χ0) is 38.2. The van der Waals surface area contributed by atoms with Crippen molar-refractivity contribution in [2.45, 2.75) is 142 Å². The Kier molecular flexibility index (Phi) is 16.8. The number of hydrogen-bond donors (Lipinski definition) is 0. The first-order valence-corrected chi connectivity index (χ1v) is 22.4. The molecule has 2 unspecified atom stereocenters. The second-order valence-electron chi connectivity index (χ2n) is 16.2. The first-order chi connectivity index (χ1) is 25.6. The quantitative estimate of drug-likeness (QED) is 0.0420. The van der Waals surface area contributed by atoms with Gasteiger partial charge in [-0.05, 0) is 103 Å². The van der Waals surface area contributed by atoms with E-state index in [1.807, 2.05) is 32.0 Å². The number of carboxylic acids is 1. The minimum Gasteiger partial charge on any atom is -0.548 e. The van der Waals surface area contributed by atoms with Gasteiger partial charge in [0.15, 0.2) is 0 Å². The van der Waals surface area contributed by atoms with Crippen LogP contribution in [0, 0.1) is 5.92 Å². The summed E-state index contributed by atoms with van der Waals surface area (Å²) in [6.45, 7) is 10.7. The summed E-state index contributed by atoms with van der Waals surface area (Å²) >= 11 is 0. The molecule has 1 heterocycles. The van der Waals surface area contributed by atoms with Gasteiger partial charge in [-0.25, -0.2) is 0 Å². The fourth-order valence-corrected chi connectivity index (χ4v) is 12.9. The summed E-state index contributed by atoms with van der Waals surface area (Å²) in [6.07, 6.45) is 20.6. The third-order valence-electron chi connectivity index (χ3n) is 11.4. The number of nitrogens with zero attached hydrogens (tertiary/aromatic N) is 1. The first kappa shape index (κ1) is 42.5. The van der Waals surface area contributed by atoms with Crippen molar-refractivity contribution in [3.8, 4) is 0 Å². The van der Waals surface area contributed by atoms with Gasteiger partial charge in [-0.15, -0.1) is 0 Å². The normalized spacial score (nSPS) is 17.6. The molecule has 1 fully saturated rings. The number of unbranched alkanes of at least 4 members (excludes halogenated alkanes) is 10. The van der Waals surface area contributed by atoms with Crippen molar-refractivity contribution in [2.24, 2.45) is 5.92 Å². The minimum absolute atomic E-state index is 0.250. The van der Waals surface area contributed by atoms with E-state index in [9.17, 15) is 14.7 Å². The van der Waals surface area contributed by atoms with E-state index in [-0.39, 0.29) is 12.6 Å². The fraction of sp³-hybridized carbons (Fsp3) is 0.532. The minimum atomic E-state index is -2.15. The van der Waals surface area contributed by atoms with Gasteiger partial charge in [0.1, 0.15) is 35.9 Å². The van der Waals surface area contributed by atoms with E-state index >= 15 is 0 Å². The van der Waals surface area contributed by atoms with E-state index < -0.39 is 36.3 Å². The molecule has 0 amide bonds. The van der Waals surface area contributed by atoms with Crippen molar-refractivity contribution >= 4 is 35.1 Å². The van der Waals surface area contributed by atoms with Gasteiger partial charge in [0, 0.05) is 11.1 Å². The molecule has 6 heteroatoms. The van der Waals surface area contributed by atoms with Crippen LogP contribution < -0.4 is 21.0 Å². The Morgan fingerprint density at radius 1 is 0.736 bits per heavy atom. The molecule has 0 bridgehead atoms. The summed E-state index contributed by atoms with van der Waals surface area (Å²) in [7, 11) is -2.15. The van der Waals surface area contributed by atoms with Gasteiger partial charge < -0.3 is 14.6 Å². The number of carbonyl (C=O) groups excluding carboxylic acids is 2. The highest BCUT2D eigenvalue weighted by Gasteiger charge is 2.57. The van der Waals surface area contributed by atoms with E-state index in [0.717, 1.165) is 32.1 Å². The van der Waals surface area contributed by atoms with Crippen molar-refractivity contribution in [2.75, 3.05) is 12.8 Å². The molecule has 1 saturated heterocycles. The van der Waals surface area contributed by atoms with E-state index in [2.05, 4.69) is 111 Å². The van der Waals surface area contributed by atoms with Gasteiger partial charge in [0.05, 0.1) is 17.9 Å². The molecule has 0 saturated carbocycles. The van der Waals surface area contributed by atoms with Crippen molar-refractivity contribution in [1.82, 2.24) is 4.90 Å². The van der Waals surface area contributed by atoms with Crippen LogP contribution in [-0.2, 0) is 14.3 Å². The molecule has 53 heavy (non-hydrogen) atoms. The van der Waals surface area contributed by atoms with Crippen LogP contribution in [0.4, 0.5) is 0 Å². The van der Waals surface area contributed by atoms with Gasteiger partial charge in [0.2, 0.25) is 0 Å². The second kappa shape index (κ2) is 21.0. The molecule has 2 atom stereocenters. The van der Waals surface area contributed by atoms with Crippen molar-refractivity contribution in [3.05, 3.63) is 103 Å². The van der Waals surface area contributed by atoms with Crippen LogP contribution >= 0.6 is 7.26 Å². The molecule has 0 spiro atoms. The second-order valence-corrected chi connectivity index (χ2v) is 19.8. The lowest BCUT2D eigenvalue weighted by molar-refractivity contribution is -0.314. The molecule has 0 radical (unpaired) electrons. The highest BCUT2D eigenvalue weighted by Crippen LogP contribution is 2.55. The fourth-order valence-electron chi connectivity index (χ4n) is 8.84. The molecule has 3 aromatic carbocycles. The molecular formula is C47H66NO4P. The van der Waals surface area contributed by atoms with Crippen molar-refractivity contribution < 1.29 is 19.4 Å². The number of rotatable bonds is 23. The summed E-state index contributed by atoms with van der Waals surface area (Å²) in [6, 6.07) is 31.1. The number of hydrogen-bond acceptors (Lipinski definition) is 5. The Bertz CT molecular complexity index is 1440. The third-order valence-corrected chi connectivity index (χ3v) is 15.8. The summed E-state index contributed by atoms with van der Waals surface area (Å²) in [5.74, 6) is -1.76. The first-order valence-electron chi connectivity index (χ1n) is 20.4.